The van der Waals surface area contributed by atoms with E-state index >= 15 is 0 Å². The Balaban J connectivity index is 3.72. The van der Waals surface area contributed by atoms with E-state index in [0.717, 1.165) is 26.1 Å². The Morgan fingerprint density at radius 1 is 1.07 bits per heavy atom. The number of likely N-dealkylation sites (N-methyl/N-ethyl adjacent to an activating group) is 2. The van der Waals surface area contributed by atoms with Gasteiger partial charge in [0.05, 0.1) is 6.10 Å². The maximum Gasteiger partial charge on any atom is 0.0828 e. The number of ether oxygens (including phenoxy) is 1. The fraction of sp³-hybridized carbons (Fsp3) is 1.00. The summed E-state index contributed by atoms with van der Waals surface area (Å²) in [7, 11) is 8.26. The van der Waals surface area contributed by atoms with E-state index in [1.807, 2.05) is 0 Å². The molecule has 0 spiro atoms. The van der Waals surface area contributed by atoms with Crippen LogP contribution in [0.15, 0.2) is 0 Å². The number of nitrogens with zero attached hydrogens (tertiary/aromatic N) is 2. The van der Waals surface area contributed by atoms with Gasteiger partial charge in [-0.15, -0.1) is 0 Å². The third-order valence-corrected chi connectivity index (χ3v) is 1.84. The van der Waals surface area contributed by atoms with Gasteiger partial charge < -0.3 is 20.3 Å². The zero-order valence-electron chi connectivity index (χ0n) is 9.99. The highest BCUT2D eigenvalue weighted by molar-refractivity contribution is 4.64. The van der Waals surface area contributed by atoms with Gasteiger partial charge in [0.25, 0.3) is 0 Å². The summed E-state index contributed by atoms with van der Waals surface area (Å²) >= 11 is 0. The van der Waals surface area contributed by atoms with Crippen LogP contribution in [-0.2, 0) is 4.74 Å². The minimum atomic E-state index is 0.284. The predicted molar refractivity (Wildman–Crippen MR) is 60.5 cm³/mol. The van der Waals surface area contributed by atoms with E-state index in [1.54, 1.807) is 0 Å². The lowest BCUT2D eigenvalue weighted by Gasteiger charge is -2.24. The third kappa shape index (κ3) is 8.44. The van der Waals surface area contributed by atoms with E-state index in [4.69, 9.17) is 10.5 Å². The van der Waals surface area contributed by atoms with Crippen molar-refractivity contribution in [2.24, 2.45) is 5.73 Å². The summed E-state index contributed by atoms with van der Waals surface area (Å²) in [5.74, 6) is 0. The molecule has 0 bridgehead atoms. The van der Waals surface area contributed by atoms with Crippen LogP contribution >= 0.6 is 0 Å². The van der Waals surface area contributed by atoms with Crippen LogP contribution in [-0.4, -0.2) is 70.3 Å². The summed E-state index contributed by atoms with van der Waals surface area (Å²) in [6.45, 7) is 3.39. The van der Waals surface area contributed by atoms with Crippen LogP contribution in [0.1, 0.15) is 6.42 Å². The summed E-state index contributed by atoms with van der Waals surface area (Å²) in [4.78, 5) is 4.30. The van der Waals surface area contributed by atoms with E-state index < -0.39 is 0 Å². The molecule has 0 saturated heterocycles. The van der Waals surface area contributed by atoms with Crippen LogP contribution in [0.4, 0.5) is 0 Å². The highest BCUT2D eigenvalue weighted by Gasteiger charge is 2.10. The molecule has 0 atom stereocenters. The number of hydrogen-bond donors (Lipinski definition) is 1. The molecule has 0 saturated carbocycles. The highest BCUT2D eigenvalue weighted by Crippen LogP contribution is 1.97. The van der Waals surface area contributed by atoms with Crippen molar-refractivity contribution in [3.63, 3.8) is 0 Å². The van der Waals surface area contributed by atoms with Crippen molar-refractivity contribution >= 4 is 0 Å². The average molecular weight is 203 g/mol. The average Bonchev–Trinajstić information content (AvgIpc) is 2.02. The molecule has 0 aliphatic rings. The summed E-state index contributed by atoms with van der Waals surface area (Å²) in [5.41, 5.74) is 5.42. The lowest BCUT2D eigenvalue weighted by molar-refractivity contribution is 0.0199. The van der Waals surface area contributed by atoms with Crippen molar-refractivity contribution in [1.29, 1.82) is 0 Å². The Kier molecular flexibility index (Phi) is 8.08. The summed E-state index contributed by atoms with van der Waals surface area (Å²) in [5, 5.41) is 0. The molecule has 14 heavy (non-hydrogen) atoms. The van der Waals surface area contributed by atoms with Gasteiger partial charge in [0.2, 0.25) is 0 Å². The number of nitrogens with two attached hydrogens (primary N) is 1. The largest absolute Gasteiger partial charge is 0.376 e. The standard InChI is InChI=1S/C10H25N3O/c1-12(2)8-10(9-13(3)4)14-7-5-6-11/h10H,5-9,11H2,1-4H3. The maximum atomic E-state index is 5.74. The lowest BCUT2D eigenvalue weighted by Crippen LogP contribution is -2.37. The summed E-state index contributed by atoms with van der Waals surface area (Å²) in [6, 6.07) is 0. The molecular formula is C10H25N3O. The zero-order chi connectivity index (χ0) is 11.0. The molecule has 0 aromatic rings. The van der Waals surface area contributed by atoms with Gasteiger partial charge in [0.15, 0.2) is 0 Å². The Hall–Kier alpha value is -0.160. The van der Waals surface area contributed by atoms with Gasteiger partial charge in [0.1, 0.15) is 0 Å². The smallest absolute Gasteiger partial charge is 0.0828 e. The molecule has 0 aliphatic heterocycles. The van der Waals surface area contributed by atoms with E-state index in [2.05, 4.69) is 38.0 Å². The van der Waals surface area contributed by atoms with Gasteiger partial charge in [-0.2, -0.15) is 0 Å². The maximum absolute atomic E-state index is 5.74. The molecule has 86 valence electrons. The Labute approximate surface area is 88.0 Å². The molecule has 0 aliphatic carbocycles. The van der Waals surface area contributed by atoms with Crippen molar-refractivity contribution in [2.75, 3.05) is 54.4 Å². The second-order valence-corrected chi connectivity index (χ2v) is 4.16. The number of hydrogen-bond acceptors (Lipinski definition) is 4. The van der Waals surface area contributed by atoms with E-state index in [1.165, 1.54) is 0 Å². The minimum Gasteiger partial charge on any atom is -0.376 e. The first-order chi connectivity index (χ1) is 6.56. The minimum absolute atomic E-state index is 0.284. The van der Waals surface area contributed by atoms with Crippen molar-refractivity contribution in [3.8, 4) is 0 Å². The molecule has 0 amide bonds. The summed E-state index contributed by atoms with van der Waals surface area (Å²) in [6.07, 6.45) is 1.23. The molecular weight excluding hydrogens is 178 g/mol. The lowest BCUT2D eigenvalue weighted by atomic mass is 10.3. The first-order valence-corrected chi connectivity index (χ1v) is 5.17. The molecule has 0 heterocycles. The Morgan fingerprint density at radius 3 is 1.93 bits per heavy atom. The monoisotopic (exact) mass is 203 g/mol. The van der Waals surface area contributed by atoms with Crippen LogP contribution in [0.2, 0.25) is 0 Å². The van der Waals surface area contributed by atoms with Crippen molar-refractivity contribution < 1.29 is 4.74 Å². The Morgan fingerprint density at radius 2 is 1.57 bits per heavy atom. The fourth-order valence-corrected chi connectivity index (χ4v) is 1.31. The molecule has 4 heteroatoms. The SMILES string of the molecule is CN(C)CC(CN(C)C)OCCCN. The van der Waals surface area contributed by atoms with Crippen molar-refractivity contribution in [2.45, 2.75) is 12.5 Å². The van der Waals surface area contributed by atoms with Crippen molar-refractivity contribution in [3.05, 3.63) is 0 Å². The first kappa shape index (κ1) is 13.8. The molecule has 4 nitrogen and oxygen atoms in total. The zero-order valence-corrected chi connectivity index (χ0v) is 9.99. The molecule has 0 radical (unpaired) electrons. The molecule has 0 unspecified atom stereocenters. The summed E-state index contributed by atoms with van der Waals surface area (Å²) < 4.78 is 5.74. The normalized spacial score (nSPS) is 12.0. The van der Waals surface area contributed by atoms with Gasteiger partial charge in [-0.3, -0.25) is 0 Å². The molecule has 0 aromatic heterocycles. The molecule has 0 aromatic carbocycles. The van der Waals surface area contributed by atoms with Crippen LogP contribution in [0.5, 0.6) is 0 Å². The second kappa shape index (κ2) is 8.17. The van der Waals surface area contributed by atoms with Gasteiger partial charge in [-0.05, 0) is 41.2 Å². The first-order valence-electron chi connectivity index (χ1n) is 5.17. The Bertz CT molecular complexity index is 119. The van der Waals surface area contributed by atoms with Crippen molar-refractivity contribution in [1.82, 2.24) is 9.80 Å². The molecule has 0 rings (SSSR count). The topological polar surface area (TPSA) is 41.7 Å². The van der Waals surface area contributed by atoms with Crippen LogP contribution in [0.25, 0.3) is 0 Å². The fourth-order valence-electron chi connectivity index (χ4n) is 1.31. The van der Waals surface area contributed by atoms with Gasteiger partial charge in [-0.1, -0.05) is 0 Å². The van der Waals surface area contributed by atoms with Crippen LogP contribution in [0, 0.1) is 0 Å². The van der Waals surface area contributed by atoms with Gasteiger partial charge >= 0.3 is 0 Å². The van der Waals surface area contributed by atoms with Crippen LogP contribution in [0.3, 0.4) is 0 Å². The highest BCUT2D eigenvalue weighted by atomic mass is 16.5. The van der Waals surface area contributed by atoms with E-state index in [9.17, 15) is 0 Å². The number of rotatable bonds is 8. The third-order valence-electron chi connectivity index (χ3n) is 1.84. The van der Waals surface area contributed by atoms with Crippen LogP contribution < -0.4 is 5.73 Å². The van der Waals surface area contributed by atoms with E-state index in [-0.39, 0.29) is 6.10 Å². The van der Waals surface area contributed by atoms with E-state index in [0.29, 0.717) is 6.54 Å². The van der Waals surface area contributed by atoms with Gasteiger partial charge in [-0.25, -0.2) is 0 Å². The quantitative estimate of drug-likeness (QED) is 0.557. The second-order valence-electron chi connectivity index (χ2n) is 4.16. The molecule has 2 N–H and O–H groups in total. The molecule has 0 fully saturated rings. The predicted octanol–water partition coefficient (Wildman–Crippen LogP) is -0.156. The van der Waals surface area contributed by atoms with Gasteiger partial charge in [0, 0.05) is 19.7 Å².